The molecule has 0 fully saturated rings. The van der Waals surface area contributed by atoms with E-state index < -0.39 is 0 Å². The van der Waals surface area contributed by atoms with Gasteiger partial charge in [-0.25, -0.2) is 4.98 Å². The molecule has 0 aliphatic carbocycles. The number of aliphatic hydroxyl groups is 1. The van der Waals surface area contributed by atoms with Crippen molar-refractivity contribution in [2.75, 3.05) is 12.4 Å². The smallest absolute Gasteiger partial charge is 0.0900 e. The van der Waals surface area contributed by atoms with Crippen molar-refractivity contribution in [3.05, 3.63) is 89.7 Å². The third kappa shape index (κ3) is 6.85. The van der Waals surface area contributed by atoms with Crippen LogP contribution in [0.5, 0.6) is 0 Å². The number of benzene rings is 1. The van der Waals surface area contributed by atoms with Gasteiger partial charge in [0.2, 0.25) is 0 Å². The van der Waals surface area contributed by atoms with Crippen LogP contribution in [0, 0.1) is 0 Å². The Morgan fingerprint density at radius 1 is 0.733 bits per heavy atom. The Balaban J connectivity index is 0.000000591. The Bertz CT molecular complexity index is 976. The summed E-state index contributed by atoms with van der Waals surface area (Å²) >= 11 is 7.16. The first-order valence-electron chi connectivity index (χ1n) is 9.04. The molecule has 0 saturated carbocycles. The molecule has 0 amide bonds. The third-order valence-corrected chi connectivity index (χ3v) is 4.69. The molecule has 0 unspecified atom stereocenters. The van der Waals surface area contributed by atoms with Gasteiger partial charge >= 0.3 is 0 Å². The molecule has 4 nitrogen and oxygen atoms in total. The molecule has 1 aromatic carbocycles. The van der Waals surface area contributed by atoms with Gasteiger partial charge in [-0.05, 0) is 59.7 Å². The minimum atomic E-state index is 0. The second kappa shape index (κ2) is 12.8. The summed E-state index contributed by atoms with van der Waals surface area (Å²) in [5, 5.41) is 7.80. The molecule has 0 aliphatic rings. The molecule has 1 N–H and O–H groups in total. The van der Waals surface area contributed by atoms with Crippen molar-refractivity contribution in [2.45, 2.75) is 0 Å². The van der Waals surface area contributed by atoms with Gasteiger partial charge in [0.15, 0.2) is 0 Å². The third-order valence-electron chi connectivity index (χ3n) is 3.96. The maximum absolute atomic E-state index is 7.80. The van der Waals surface area contributed by atoms with E-state index in [1.807, 2.05) is 48.5 Å². The average molecular weight is 661 g/mol. The summed E-state index contributed by atoms with van der Waals surface area (Å²) in [7, 11) is 0. The Morgan fingerprint density at radius 2 is 1.23 bits per heavy atom. The summed E-state index contributed by atoms with van der Waals surface area (Å²) in [5.74, 6) is 0.569. The number of rotatable bonds is 4. The maximum Gasteiger partial charge on any atom is 0.0900 e. The fraction of sp³-hybridized carbons (Fsp3) is 0.0870. The molecule has 3 aromatic heterocycles. The summed E-state index contributed by atoms with van der Waals surface area (Å²) in [4.78, 5) is 13.7. The van der Waals surface area contributed by atoms with Crippen molar-refractivity contribution in [3.8, 4) is 33.9 Å². The van der Waals surface area contributed by atoms with Gasteiger partial charge in [-0.2, -0.15) is 12.6 Å². The molecular weight excluding hydrogens is 641 g/mol. The number of thiol groups is 1. The molecular formula is C23H20BrN3OPtS. The number of hydrogen-bond acceptors (Lipinski definition) is 5. The maximum atomic E-state index is 7.80. The molecule has 0 atom stereocenters. The zero-order valence-electron chi connectivity index (χ0n) is 15.9. The second-order valence-corrected chi connectivity index (χ2v) is 7.37. The van der Waals surface area contributed by atoms with Gasteiger partial charge in [0, 0.05) is 43.7 Å². The van der Waals surface area contributed by atoms with E-state index >= 15 is 0 Å². The summed E-state index contributed by atoms with van der Waals surface area (Å²) in [6.45, 7) is 0.184. The summed E-state index contributed by atoms with van der Waals surface area (Å²) < 4.78 is 1.06. The van der Waals surface area contributed by atoms with E-state index in [0.29, 0.717) is 5.75 Å². The molecule has 0 aliphatic heterocycles. The van der Waals surface area contributed by atoms with Crippen LogP contribution in [0.15, 0.2) is 89.7 Å². The van der Waals surface area contributed by atoms with Crippen LogP contribution in [0.25, 0.3) is 33.9 Å². The molecule has 0 spiro atoms. The molecule has 30 heavy (non-hydrogen) atoms. The van der Waals surface area contributed by atoms with E-state index in [4.69, 9.17) is 10.1 Å². The first-order chi connectivity index (χ1) is 14.2. The number of aromatic nitrogens is 3. The number of aliphatic hydroxyl groups excluding tert-OH is 1. The molecule has 156 valence electrons. The molecule has 7 heteroatoms. The van der Waals surface area contributed by atoms with Crippen LogP contribution in [0.2, 0.25) is 0 Å². The summed E-state index contributed by atoms with van der Waals surface area (Å²) in [5.41, 5.74) is 5.57. The van der Waals surface area contributed by atoms with Gasteiger partial charge in [0.1, 0.15) is 0 Å². The Morgan fingerprint density at radius 3 is 1.63 bits per heavy atom. The minimum absolute atomic E-state index is 0. The largest absolute Gasteiger partial charge is 0.396 e. The van der Waals surface area contributed by atoms with E-state index in [0.717, 1.165) is 38.4 Å². The van der Waals surface area contributed by atoms with Gasteiger partial charge in [0.05, 0.1) is 29.4 Å². The Hall–Kier alpha value is -1.85. The molecule has 0 radical (unpaired) electrons. The topological polar surface area (TPSA) is 58.9 Å². The normalized spacial score (nSPS) is 9.83. The molecule has 0 bridgehead atoms. The first kappa shape index (κ1) is 24.4. The Labute approximate surface area is 204 Å². The van der Waals surface area contributed by atoms with Crippen LogP contribution in [-0.4, -0.2) is 32.4 Å². The van der Waals surface area contributed by atoms with Gasteiger partial charge < -0.3 is 5.11 Å². The number of pyridine rings is 3. The SMILES string of the molecule is Brc1ccc(-c2cc(-c3ccccn3)nc(-c3ccccn3)c2)cc1.OCCS.[Pt]. The van der Waals surface area contributed by atoms with Gasteiger partial charge in [-0.1, -0.05) is 40.2 Å². The van der Waals surface area contributed by atoms with E-state index in [9.17, 15) is 0 Å². The zero-order valence-corrected chi connectivity index (χ0v) is 20.7. The fourth-order valence-electron chi connectivity index (χ4n) is 2.63. The van der Waals surface area contributed by atoms with Gasteiger partial charge in [0.25, 0.3) is 0 Å². The zero-order chi connectivity index (χ0) is 20.5. The first-order valence-corrected chi connectivity index (χ1v) is 10.5. The molecule has 0 saturated heterocycles. The van der Waals surface area contributed by atoms with E-state index in [-0.39, 0.29) is 27.7 Å². The monoisotopic (exact) mass is 660 g/mol. The van der Waals surface area contributed by atoms with Crippen molar-refractivity contribution < 1.29 is 26.2 Å². The molecule has 4 aromatic rings. The van der Waals surface area contributed by atoms with E-state index in [1.165, 1.54) is 0 Å². The van der Waals surface area contributed by atoms with Crippen molar-refractivity contribution in [3.63, 3.8) is 0 Å². The summed E-state index contributed by atoms with van der Waals surface area (Å²) in [6, 6.07) is 24.1. The van der Waals surface area contributed by atoms with E-state index in [2.05, 4.69) is 62.8 Å². The van der Waals surface area contributed by atoms with Crippen LogP contribution >= 0.6 is 28.6 Å². The predicted molar refractivity (Wildman–Crippen MR) is 125 cm³/mol. The molecule has 4 rings (SSSR count). The number of hydrogen-bond donors (Lipinski definition) is 2. The minimum Gasteiger partial charge on any atom is -0.396 e. The average Bonchev–Trinajstić information content (AvgIpc) is 2.80. The van der Waals surface area contributed by atoms with Crippen molar-refractivity contribution in [1.82, 2.24) is 15.0 Å². The van der Waals surface area contributed by atoms with Crippen molar-refractivity contribution in [2.24, 2.45) is 0 Å². The fourth-order valence-corrected chi connectivity index (χ4v) is 2.89. The van der Waals surface area contributed by atoms with E-state index in [1.54, 1.807) is 12.4 Å². The number of nitrogens with zero attached hydrogens (tertiary/aromatic N) is 3. The predicted octanol–water partition coefficient (Wildman–Crippen LogP) is 5.54. The van der Waals surface area contributed by atoms with Crippen molar-refractivity contribution in [1.29, 1.82) is 0 Å². The standard InChI is InChI=1S/C21H14BrN3.C2H6OS.Pt/c22-17-9-7-15(8-10-17)16-13-20(18-5-1-3-11-23-18)25-21(14-16)19-6-2-4-12-24-19;3-1-2-4;/h1-14H;3-4H,1-2H2;. The van der Waals surface area contributed by atoms with Crippen LogP contribution in [0.1, 0.15) is 0 Å². The van der Waals surface area contributed by atoms with Crippen LogP contribution < -0.4 is 0 Å². The summed E-state index contributed by atoms with van der Waals surface area (Å²) in [6.07, 6.45) is 3.56. The van der Waals surface area contributed by atoms with Crippen LogP contribution in [-0.2, 0) is 21.1 Å². The van der Waals surface area contributed by atoms with Gasteiger partial charge in [-0.15, -0.1) is 0 Å². The Kier molecular flexibility index (Phi) is 10.4. The van der Waals surface area contributed by atoms with Gasteiger partial charge in [-0.3, -0.25) is 9.97 Å². The van der Waals surface area contributed by atoms with Crippen LogP contribution in [0.3, 0.4) is 0 Å². The molecule has 3 heterocycles. The number of halogens is 1. The van der Waals surface area contributed by atoms with Crippen molar-refractivity contribution >= 4 is 28.6 Å². The second-order valence-electron chi connectivity index (χ2n) is 6.01. The van der Waals surface area contributed by atoms with Crippen LogP contribution in [0.4, 0.5) is 0 Å². The quantitative estimate of drug-likeness (QED) is 0.282.